The van der Waals surface area contributed by atoms with Gasteiger partial charge in [0.15, 0.2) is 5.16 Å². The minimum Gasteiger partial charge on any atom is -0.325 e. The highest BCUT2D eigenvalue weighted by molar-refractivity contribution is 7.99. The van der Waals surface area contributed by atoms with Crippen LogP contribution in [0.15, 0.2) is 41.8 Å². The zero-order chi connectivity index (χ0) is 20.9. The van der Waals surface area contributed by atoms with Crippen LogP contribution in [0.2, 0.25) is 0 Å². The quantitative estimate of drug-likeness (QED) is 0.704. The van der Waals surface area contributed by atoms with Crippen molar-refractivity contribution in [3.8, 4) is 0 Å². The molecule has 1 aromatic carbocycles. The van der Waals surface area contributed by atoms with Crippen molar-refractivity contribution in [3.63, 3.8) is 0 Å². The van der Waals surface area contributed by atoms with E-state index in [1.165, 1.54) is 17.3 Å². The number of likely N-dealkylation sites (N-methyl/N-ethyl adjacent to an activating group) is 1. The molecule has 3 rings (SSSR count). The average molecular weight is 416 g/mol. The molecule has 0 saturated carbocycles. The number of aromatic nitrogens is 2. The highest BCUT2D eigenvalue weighted by atomic mass is 32.2. The number of imidazole rings is 1. The highest BCUT2D eigenvalue weighted by Gasteiger charge is 2.18. The molecule has 0 radical (unpaired) electrons. The fourth-order valence-electron chi connectivity index (χ4n) is 3.35. The van der Waals surface area contributed by atoms with Gasteiger partial charge in [0.25, 0.3) is 0 Å². The molecule has 1 N–H and O–H groups in total. The van der Waals surface area contributed by atoms with Gasteiger partial charge in [-0.05, 0) is 51.9 Å². The van der Waals surface area contributed by atoms with Crippen LogP contribution in [0, 0.1) is 0 Å². The van der Waals surface area contributed by atoms with Gasteiger partial charge < -0.3 is 19.7 Å². The number of carbonyl (C=O) groups excluding carboxylic acids is 1. The molecule has 6 nitrogen and oxygen atoms in total. The minimum atomic E-state index is -0.0464. The fourth-order valence-corrected chi connectivity index (χ4v) is 4.29. The van der Waals surface area contributed by atoms with Crippen LogP contribution in [0.3, 0.4) is 0 Å². The van der Waals surface area contributed by atoms with Gasteiger partial charge in [0, 0.05) is 56.3 Å². The maximum atomic E-state index is 12.3. The molecule has 1 aliphatic heterocycles. The van der Waals surface area contributed by atoms with Gasteiger partial charge in [0.05, 0.1) is 5.75 Å². The number of piperazine rings is 1. The molecule has 2 heterocycles. The molecule has 1 amide bonds. The molecule has 2 aromatic rings. The summed E-state index contributed by atoms with van der Waals surface area (Å²) in [4.78, 5) is 21.6. The number of anilines is 1. The van der Waals surface area contributed by atoms with Gasteiger partial charge in [0.2, 0.25) is 5.91 Å². The van der Waals surface area contributed by atoms with Gasteiger partial charge in [-0.3, -0.25) is 4.79 Å². The smallest absolute Gasteiger partial charge is 0.234 e. The monoisotopic (exact) mass is 415 g/mol. The summed E-state index contributed by atoms with van der Waals surface area (Å²) in [6, 6.07) is 8.23. The highest BCUT2D eigenvalue weighted by Crippen LogP contribution is 2.23. The predicted octanol–water partition coefficient (Wildman–Crippen LogP) is 3.16. The third kappa shape index (κ3) is 6.59. The largest absolute Gasteiger partial charge is 0.325 e. The molecule has 7 heteroatoms. The van der Waals surface area contributed by atoms with Crippen molar-refractivity contribution in [2.45, 2.75) is 37.9 Å². The molecule has 0 spiro atoms. The van der Waals surface area contributed by atoms with E-state index >= 15 is 0 Å². The van der Waals surface area contributed by atoms with Gasteiger partial charge in [0.1, 0.15) is 0 Å². The number of nitrogens with zero attached hydrogens (tertiary/aromatic N) is 4. The summed E-state index contributed by atoms with van der Waals surface area (Å²) in [5, 5.41) is 3.85. The Bertz CT molecular complexity index is 788. The third-order valence-electron chi connectivity index (χ3n) is 5.21. The molecular weight excluding hydrogens is 382 g/mol. The number of rotatable bonds is 7. The van der Waals surface area contributed by atoms with Crippen LogP contribution in [0.1, 0.15) is 26.3 Å². The lowest BCUT2D eigenvalue weighted by Crippen LogP contribution is -2.45. The molecule has 1 aromatic heterocycles. The molecule has 0 aliphatic carbocycles. The third-order valence-corrected chi connectivity index (χ3v) is 6.18. The van der Waals surface area contributed by atoms with Gasteiger partial charge in [-0.2, -0.15) is 0 Å². The maximum Gasteiger partial charge on any atom is 0.234 e. The van der Waals surface area contributed by atoms with E-state index < -0.39 is 0 Å². The number of hydrogen-bond donors (Lipinski definition) is 1. The predicted molar refractivity (Wildman–Crippen MR) is 121 cm³/mol. The first kappa shape index (κ1) is 21.9. The summed E-state index contributed by atoms with van der Waals surface area (Å²) >= 11 is 1.47. The summed E-state index contributed by atoms with van der Waals surface area (Å²) in [5.41, 5.74) is 2.11. The summed E-state index contributed by atoms with van der Waals surface area (Å²) < 4.78 is 2.10. The first-order valence-electron chi connectivity index (χ1n) is 10.3. The molecule has 1 saturated heterocycles. The maximum absolute atomic E-state index is 12.3. The Morgan fingerprint density at radius 3 is 2.48 bits per heavy atom. The Morgan fingerprint density at radius 2 is 1.83 bits per heavy atom. The van der Waals surface area contributed by atoms with E-state index in [1.54, 1.807) is 6.20 Å². The van der Waals surface area contributed by atoms with Crippen LogP contribution in [-0.2, 0) is 16.8 Å². The van der Waals surface area contributed by atoms with Crippen molar-refractivity contribution in [1.29, 1.82) is 0 Å². The Balaban J connectivity index is 1.43. The molecule has 1 aliphatic rings. The first-order valence-corrected chi connectivity index (χ1v) is 11.3. The van der Waals surface area contributed by atoms with Crippen LogP contribution < -0.4 is 5.32 Å². The Labute approximate surface area is 178 Å². The summed E-state index contributed by atoms with van der Waals surface area (Å²) in [7, 11) is 2.18. The van der Waals surface area contributed by atoms with E-state index in [2.05, 4.69) is 64.6 Å². The summed E-state index contributed by atoms with van der Waals surface area (Å²) in [6.07, 6.45) is 4.79. The Hall–Kier alpha value is -1.83. The fraction of sp³-hybridized carbons (Fsp3) is 0.545. The van der Waals surface area contributed by atoms with E-state index in [1.807, 2.05) is 18.3 Å². The lowest BCUT2D eigenvalue weighted by atomic mass is 10.1. The molecule has 158 valence electrons. The SMILES string of the molecule is CN1CCN(CCc2ccc(NC(=O)CSc3nccn3C(C)(C)C)cc2)CC1. The van der Waals surface area contributed by atoms with Crippen LogP contribution in [0.5, 0.6) is 0 Å². The summed E-state index contributed by atoms with van der Waals surface area (Å²) in [6.45, 7) is 12.1. The second-order valence-corrected chi connectivity index (χ2v) is 9.62. The molecule has 0 atom stereocenters. The normalized spacial score (nSPS) is 16.1. The number of carbonyl (C=O) groups is 1. The number of benzene rings is 1. The van der Waals surface area contributed by atoms with E-state index in [0.717, 1.165) is 50.0 Å². The van der Waals surface area contributed by atoms with Gasteiger partial charge >= 0.3 is 0 Å². The van der Waals surface area contributed by atoms with Crippen LogP contribution in [0.25, 0.3) is 0 Å². The molecular formula is C22H33N5OS. The van der Waals surface area contributed by atoms with Crippen LogP contribution in [0.4, 0.5) is 5.69 Å². The van der Waals surface area contributed by atoms with Crippen molar-refractivity contribution in [2.24, 2.45) is 0 Å². The minimum absolute atomic E-state index is 0.0105. The van der Waals surface area contributed by atoms with Crippen molar-refractivity contribution >= 4 is 23.4 Å². The van der Waals surface area contributed by atoms with Crippen LogP contribution in [-0.4, -0.2) is 70.8 Å². The zero-order valence-electron chi connectivity index (χ0n) is 18.0. The number of hydrogen-bond acceptors (Lipinski definition) is 5. The van der Waals surface area contributed by atoms with Crippen molar-refractivity contribution in [1.82, 2.24) is 19.4 Å². The van der Waals surface area contributed by atoms with E-state index in [-0.39, 0.29) is 11.4 Å². The molecule has 0 unspecified atom stereocenters. The Morgan fingerprint density at radius 1 is 1.14 bits per heavy atom. The average Bonchev–Trinajstić information content (AvgIpc) is 3.16. The number of nitrogens with one attached hydrogen (secondary N) is 1. The zero-order valence-corrected chi connectivity index (χ0v) is 18.8. The second kappa shape index (κ2) is 9.78. The lowest BCUT2D eigenvalue weighted by molar-refractivity contribution is -0.113. The van der Waals surface area contributed by atoms with Crippen LogP contribution >= 0.6 is 11.8 Å². The summed E-state index contributed by atoms with van der Waals surface area (Å²) in [5.74, 6) is 0.335. The van der Waals surface area contributed by atoms with Crippen molar-refractivity contribution in [2.75, 3.05) is 50.8 Å². The first-order chi connectivity index (χ1) is 13.8. The Kier molecular flexibility index (Phi) is 7.38. The second-order valence-electron chi connectivity index (χ2n) is 8.68. The number of thioether (sulfide) groups is 1. The molecule has 1 fully saturated rings. The standard InChI is InChI=1S/C22H33N5OS/c1-22(2,3)27-12-10-23-21(27)29-17-20(28)24-19-7-5-18(6-8-19)9-11-26-15-13-25(4)14-16-26/h5-8,10,12H,9,11,13-17H2,1-4H3,(H,24,28). The number of amides is 1. The van der Waals surface area contributed by atoms with E-state index in [9.17, 15) is 4.79 Å². The van der Waals surface area contributed by atoms with Gasteiger partial charge in [-0.15, -0.1) is 0 Å². The van der Waals surface area contributed by atoms with Gasteiger partial charge in [-0.1, -0.05) is 23.9 Å². The van der Waals surface area contributed by atoms with E-state index in [0.29, 0.717) is 5.75 Å². The lowest BCUT2D eigenvalue weighted by Gasteiger charge is -2.32. The van der Waals surface area contributed by atoms with E-state index in [4.69, 9.17) is 0 Å². The van der Waals surface area contributed by atoms with Crippen molar-refractivity contribution in [3.05, 3.63) is 42.2 Å². The topological polar surface area (TPSA) is 53.4 Å². The van der Waals surface area contributed by atoms with Crippen molar-refractivity contribution < 1.29 is 4.79 Å². The van der Waals surface area contributed by atoms with Gasteiger partial charge in [-0.25, -0.2) is 4.98 Å². The molecule has 0 bridgehead atoms. The molecule has 29 heavy (non-hydrogen) atoms.